The maximum Gasteiger partial charge on any atom is 0.0713 e. The second-order valence-corrected chi connectivity index (χ2v) is 20.1. The molecule has 0 saturated carbocycles. The van der Waals surface area contributed by atoms with Gasteiger partial charge in [0.1, 0.15) is 0 Å². The van der Waals surface area contributed by atoms with E-state index >= 15 is 0 Å². The summed E-state index contributed by atoms with van der Waals surface area (Å²) >= 11 is 1.88. The van der Waals surface area contributed by atoms with Gasteiger partial charge >= 0.3 is 0 Å². The SMILES string of the molecule is c1ccc(-c2cccc3cccc(-c4ccccc4N(c4ccccc4-c4cccc5c4-c4ccccc4C5(c4ccccc4)c4ccccc4)c4ccccc4-c4cccc5c4sc4ccccc45)c23)cc1. The van der Waals surface area contributed by atoms with E-state index in [9.17, 15) is 0 Å². The maximum atomic E-state index is 2.57. The van der Waals surface area contributed by atoms with Gasteiger partial charge in [-0.2, -0.15) is 0 Å². The summed E-state index contributed by atoms with van der Waals surface area (Å²) in [6.07, 6.45) is 0. The van der Waals surface area contributed by atoms with Gasteiger partial charge in [-0.1, -0.05) is 261 Å². The molecule has 0 saturated heterocycles. The zero-order chi connectivity index (χ0) is 48.3. The van der Waals surface area contributed by atoms with Crippen LogP contribution in [-0.2, 0) is 5.41 Å². The molecule has 12 aromatic carbocycles. The predicted molar refractivity (Wildman–Crippen MR) is 311 cm³/mol. The Morgan fingerprint density at radius 1 is 0.288 bits per heavy atom. The molecule has 0 radical (unpaired) electrons. The first kappa shape index (κ1) is 42.8. The van der Waals surface area contributed by atoms with Gasteiger partial charge in [-0.05, 0) is 90.7 Å². The van der Waals surface area contributed by atoms with Crippen molar-refractivity contribution in [3.8, 4) is 55.6 Å². The second-order valence-electron chi connectivity index (χ2n) is 19.0. The minimum absolute atomic E-state index is 0.536. The Balaban J connectivity index is 1.07. The summed E-state index contributed by atoms with van der Waals surface area (Å²) < 4.78 is 2.58. The predicted octanol–water partition coefficient (Wildman–Crippen LogP) is 19.7. The highest BCUT2D eigenvalue weighted by Gasteiger charge is 2.47. The van der Waals surface area contributed by atoms with E-state index in [1.54, 1.807) is 0 Å². The van der Waals surface area contributed by atoms with Crippen molar-refractivity contribution in [3.05, 3.63) is 307 Å². The van der Waals surface area contributed by atoms with Crippen LogP contribution >= 0.6 is 11.3 Å². The normalized spacial score (nSPS) is 12.5. The van der Waals surface area contributed by atoms with Gasteiger partial charge in [0.05, 0.1) is 22.5 Å². The summed E-state index contributed by atoms with van der Waals surface area (Å²) in [5.74, 6) is 0. The van der Waals surface area contributed by atoms with Gasteiger partial charge in [0.25, 0.3) is 0 Å². The van der Waals surface area contributed by atoms with E-state index in [2.05, 4.69) is 290 Å². The Kier molecular flexibility index (Phi) is 10.3. The topological polar surface area (TPSA) is 3.24 Å². The highest BCUT2D eigenvalue weighted by molar-refractivity contribution is 7.26. The smallest absolute Gasteiger partial charge is 0.0713 e. The van der Waals surface area contributed by atoms with E-state index in [0.29, 0.717) is 0 Å². The molecule has 1 aliphatic carbocycles. The molecular formula is C71H47NS. The number of fused-ring (bicyclic) bond motifs is 7. The number of nitrogens with zero attached hydrogens (tertiary/aromatic N) is 1. The minimum atomic E-state index is -0.536. The zero-order valence-corrected chi connectivity index (χ0v) is 40.8. The molecule has 0 fully saturated rings. The molecular weight excluding hydrogens is 899 g/mol. The van der Waals surface area contributed by atoms with Crippen molar-refractivity contribution in [2.45, 2.75) is 5.41 Å². The van der Waals surface area contributed by atoms with Gasteiger partial charge in [0, 0.05) is 42.4 Å². The van der Waals surface area contributed by atoms with Crippen LogP contribution in [0.4, 0.5) is 17.1 Å². The van der Waals surface area contributed by atoms with Gasteiger partial charge in [-0.25, -0.2) is 0 Å². The van der Waals surface area contributed by atoms with Crippen molar-refractivity contribution in [2.24, 2.45) is 0 Å². The maximum absolute atomic E-state index is 2.57. The fourth-order valence-electron chi connectivity index (χ4n) is 12.2. The summed E-state index contributed by atoms with van der Waals surface area (Å²) in [5.41, 5.74) is 19.8. The van der Waals surface area contributed by atoms with Crippen LogP contribution in [0.25, 0.3) is 86.6 Å². The Labute approximate surface area is 430 Å². The molecule has 73 heavy (non-hydrogen) atoms. The van der Waals surface area contributed by atoms with E-state index in [0.717, 1.165) is 28.2 Å². The standard InChI is InChI=1S/C71H47NS/c1-4-24-48(25-5-1)52-37-20-26-49-27-21-38-57(68(49)52)53-32-11-16-44-64(53)72(66-46-18-13-34-55(66)59-40-22-41-60-56-35-14-19-47-67(56)73-70(59)60)65-45-17-12-33-54(65)58-39-23-43-63-69(58)61-36-10-15-42-62(61)71(63,50-28-6-2-7-29-50)51-30-8-3-9-31-51/h1-47H. The Morgan fingerprint density at radius 3 is 1.40 bits per heavy atom. The van der Waals surface area contributed by atoms with E-state index in [4.69, 9.17) is 0 Å². The molecule has 0 spiro atoms. The van der Waals surface area contributed by atoms with E-state index in [1.165, 1.54) is 97.7 Å². The number of para-hydroxylation sites is 3. The average Bonchev–Trinajstić information content (AvgIpc) is 4.05. The quantitative estimate of drug-likeness (QED) is 0.139. The molecule has 0 amide bonds. The first-order chi connectivity index (χ1) is 36.3. The van der Waals surface area contributed by atoms with Gasteiger partial charge in [-0.15, -0.1) is 11.3 Å². The molecule has 13 aromatic rings. The van der Waals surface area contributed by atoms with Crippen molar-refractivity contribution < 1.29 is 0 Å². The first-order valence-electron chi connectivity index (χ1n) is 25.2. The molecule has 0 unspecified atom stereocenters. The molecule has 0 bridgehead atoms. The van der Waals surface area contributed by atoms with Gasteiger partial charge in [0.15, 0.2) is 0 Å². The lowest BCUT2D eigenvalue weighted by atomic mass is 9.67. The van der Waals surface area contributed by atoms with E-state index in [1.807, 2.05) is 11.3 Å². The summed E-state index contributed by atoms with van der Waals surface area (Å²) in [4.78, 5) is 2.57. The molecule has 342 valence electrons. The van der Waals surface area contributed by atoms with Crippen LogP contribution in [0.3, 0.4) is 0 Å². The molecule has 1 nitrogen and oxygen atoms in total. The number of hydrogen-bond donors (Lipinski definition) is 0. The monoisotopic (exact) mass is 945 g/mol. The van der Waals surface area contributed by atoms with Crippen molar-refractivity contribution in [3.63, 3.8) is 0 Å². The molecule has 1 aromatic heterocycles. The molecule has 14 rings (SSSR count). The van der Waals surface area contributed by atoms with Crippen LogP contribution in [0.15, 0.2) is 285 Å². The number of hydrogen-bond acceptors (Lipinski definition) is 2. The molecule has 0 atom stereocenters. The molecule has 2 heteroatoms. The van der Waals surface area contributed by atoms with Crippen LogP contribution in [0, 0.1) is 0 Å². The van der Waals surface area contributed by atoms with E-state index in [-0.39, 0.29) is 0 Å². The highest BCUT2D eigenvalue weighted by atomic mass is 32.1. The number of thiophene rings is 1. The molecule has 1 aliphatic rings. The summed E-state index contributed by atoms with van der Waals surface area (Å²) in [6.45, 7) is 0. The lowest BCUT2D eigenvalue weighted by Gasteiger charge is -2.34. The summed E-state index contributed by atoms with van der Waals surface area (Å²) in [5, 5.41) is 5.01. The van der Waals surface area contributed by atoms with Crippen molar-refractivity contribution in [2.75, 3.05) is 4.90 Å². The Bertz CT molecular complexity index is 4160. The number of anilines is 3. The van der Waals surface area contributed by atoms with Crippen LogP contribution in [0.2, 0.25) is 0 Å². The van der Waals surface area contributed by atoms with E-state index < -0.39 is 5.41 Å². The zero-order valence-electron chi connectivity index (χ0n) is 40.0. The Morgan fingerprint density at radius 2 is 0.726 bits per heavy atom. The summed E-state index contributed by atoms with van der Waals surface area (Å²) in [7, 11) is 0. The third-order valence-corrected chi connectivity index (χ3v) is 16.4. The second kappa shape index (κ2) is 17.6. The van der Waals surface area contributed by atoms with Crippen molar-refractivity contribution in [1.29, 1.82) is 0 Å². The number of benzene rings is 12. The molecule has 0 aliphatic heterocycles. The fourth-order valence-corrected chi connectivity index (χ4v) is 13.4. The van der Waals surface area contributed by atoms with Crippen LogP contribution in [-0.4, -0.2) is 0 Å². The van der Waals surface area contributed by atoms with Crippen molar-refractivity contribution >= 4 is 59.3 Å². The van der Waals surface area contributed by atoms with Crippen LogP contribution < -0.4 is 4.90 Å². The number of rotatable bonds is 9. The Hall–Kier alpha value is -9.08. The molecule has 0 N–H and O–H groups in total. The van der Waals surface area contributed by atoms with Crippen molar-refractivity contribution in [1.82, 2.24) is 0 Å². The lowest BCUT2D eigenvalue weighted by Crippen LogP contribution is -2.28. The third kappa shape index (κ3) is 6.76. The van der Waals surface area contributed by atoms with Gasteiger partial charge in [-0.3, -0.25) is 0 Å². The lowest BCUT2D eigenvalue weighted by molar-refractivity contribution is 0.768. The third-order valence-electron chi connectivity index (χ3n) is 15.2. The average molecular weight is 946 g/mol. The van der Waals surface area contributed by atoms with Crippen LogP contribution in [0.5, 0.6) is 0 Å². The molecule has 1 heterocycles. The first-order valence-corrected chi connectivity index (χ1v) is 26.0. The van der Waals surface area contributed by atoms with Crippen LogP contribution in [0.1, 0.15) is 22.3 Å². The van der Waals surface area contributed by atoms with Gasteiger partial charge in [0.2, 0.25) is 0 Å². The fraction of sp³-hybridized carbons (Fsp3) is 0.0141. The minimum Gasteiger partial charge on any atom is -0.309 e. The largest absolute Gasteiger partial charge is 0.309 e. The summed E-state index contributed by atoms with van der Waals surface area (Å²) in [6, 6.07) is 106. The van der Waals surface area contributed by atoms with Gasteiger partial charge < -0.3 is 4.90 Å². The highest BCUT2D eigenvalue weighted by Crippen LogP contribution is 2.60.